The van der Waals surface area contributed by atoms with Crippen LogP contribution < -0.4 is 5.32 Å². The van der Waals surface area contributed by atoms with E-state index in [1.807, 2.05) is 18.2 Å². The monoisotopic (exact) mass is 315 g/mol. The SMILES string of the molecule is CN1CCN(CCCNCc2c(Cl)cccc2Cl)CC1. The second-order valence-electron chi connectivity index (χ2n) is 5.38. The van der Waals surface area contributed by atoms with Crippen LogP contribution in [0.2, 0.25) is 10.0 Å². The molecule has 1 aliphatic heterocycles. The molecule has 0 amide bonds. The third-order valence-electron chi connectivity index (χ3n) is 3.79. The fourth-order valence-electron chi connectivity index (χ4n) is 2.41. The summed E-state index contributed by atoms with van der Waals surface area (Å²) in [6.45, 7) is 7.64. The molecule has 1 aromatic carbocycles. The lowest BCUT2D eigenvalue weighted by Crippen LogP contribution is -2.45. The van der Waals surface area contributed by atoms with Gasteiger partial charge in [0, 0.05) is 48.3 Å². The van der Waals surface area contributed by atoms with Crippen LogP contribution in [0.3, 0.4) is 0 Å². The molecule has 5 heteroatoms. The maximum absolute atomic E-state index is 6.14. The Kier molecular flexibility index (Phi) is 6.59. The predicted molar refractivity (Wildman–Crippen MR) is 86.7 cm³/mol. The van der Waals surface area contributed by atoms with Crippen molar-refractivity contribution in [3.8, 4) is 0 Å². The van der Waals surface area contributed by atoms with E-state index in [0.29, 0.717) is 0 Å². The number of hydrogen-bond acceptors (Lipinski definition) is 3. The van der Waals surface area contributed by atoms with Crippen LogP contribution in [0, 0.1) is 0 Å². The average Bonchev–Trinajstić information content (AvgIpc) is 2.43. The molecule has 1 saturated heterocycles. The zero-order valence-corrected chi connectivity index (χ0v) is 13.6. The molecule has 112 valence electrons. The molecule has 0 aliphatic carbocycles. The van der Waals surface area contributed by atoms with Crippen LogP contribution in [-0.4, -0.2) is 56.1 Å². The Labute approximate surface area is 131 Å². The number of likely N-dealkylation sites (N-methyl/N-ethyl adjacent to an activating group) is 1. The molecule has 2 rings (SSSR count). The van der Waals surface area contributed by atoms with Crippen LogP contribution in [0.15, 0.2) is 18.2 Å². The van der Waals surface area contributed by atoms with Gasteiger partial charge in [-0.2, -0.15) is 0 Å². The van der Waals surface area contributed by atoms with E-state index in [-0.39, 0.29) is 0 Å². The van der Waals surface area contributed by atoms with Gasteiger partial charge in [0.1, 0.15) is 0 Å². The maximum atomic E-state index is 6.14. The van der Waals surface area contributed by atoms with E-state index in [0.717, 1.165) is 41.7 Å². The second kappa shape index (κ2) is 8.20. The number of nitrogens with zero attached hydrogens (tertiary/aromatic N) is 2. The van der Waals surface area contributed by atoms with Gasteiger partial charge in [0.15, 0.2) is 0 Å². The van der Waals surface area contributed by atoms with E-state index in [4.69, 9.17) is 23.2 Å². The van der Waals surface area contributed by atoms with Crippen molar-refractivity contribution in [3.05, 3.63) is 33.8 Å². The molecule has 20 heavy (non-hydrogen) atoms. The van der Waals surface area contributed by atoms with Crippen LogP contribution in [0.5, 0.6) is 0 Å². The minimum atomic E-state index is 0.737. The summed E-state index contributed by atoms with van der Waals surface area (Å²) >= 11 is 12.3. The van der Waals surface area contributed by atoms with Gasteiger partial charge in [0.2, 0.25) is 0 Å². The van der Waals surface area contributed by atoms with Gasteiger partial charge in [-0.05, 0) is 38.7 Å². The molecule has 0 atom stereocenters. The minimum absolute atomic E-state index is 0.737. The Hall–Kier alpha value is -0.320. The van der Waals surface area contributed by atoms with Gasteiger partial charge in [-0.3, -0.25) is 0 Å². The molecular formula is C15H23Cl2N3. The van der Waals surface area contributed by atoms with Crippen molar-refractivity contribution in [1.82, 2.24) is 15.1 Å². The van der Waals surface area contributed by atoms with Crippen LogP contribution in [-0.2, 0) is 6.54 Å². The number of halogens is 2. The Bertz CT molecular complexity index is 397. The lowest BCUT2D eigenvalue weighted by Gasteiger charge is -2.32. The van der Waals surface area contributed by atoms with Crippen molar-refractivity contribution in [2.24, 2.45) is 0 Å². The summed E-state index contributed by atoms with van der Waals surface area (Å²) in [5, 5.41) is 4.91. The van der Waals surface area contributed by atoms with Gasteiger partial charge in [0.25, 0.3) is 0 Å². The number of hydrogen-bond donors (Lipinski definition) is 1. The first-order chi connectivity index (χ1) is 9.66. The Morgan fingerprint density at radius 1 is 1.10 bits per heavy atom. The van der Waals surface area contributed by atoms with E-state index < -0.39 is 0 Å². The van der Waals surface area contributed by atoms with Gasteiger partial charge in [-0.15, -0.1) is 0 Å². The predicted octanol–water partition coefficient (Wildman–Crippen LogP) is 2.72. The van der Waals surface area contributed by atoms with Crippen molar-refractivity contribution in [2.75, 3.05) is 46.3 Å². The fraction of sp³-hybridized carbons (Fsp3) is 0.600. The van der Waals surface area contributed by atoms with Gasteiger partial charge >= 0.3 is 0 Å². The molecule has 1 heterocycles. The fourth-order valence-corrected chi connectivity index (χ4v) is 2.94. The highest BCUT2D eigenvalue weighted by Gasteiger charge is 2.12. The summed E-state index contributed by atoms with van der Waals surface area (Å²) in [5.74, 6) is 0. The Morgan fingerprint density at radius 2 is 1.75 bits per heavy atom. The molecule has 0 radical (unpaired) electrons. The summed E-state index contributed by atoms with van der Waals surface area (Å²) in [6, 6.07) is 5.64. The highest BCUT2D eigenvalue weighted by Crippen LogP contribution is 2.23. The van der Waals surface area contributed by atoms with Crippen molar-refractivity contribution in [1.29, 1.82) is 0 Å². The molecule has 0 bridgehead atoms. The molecular weight excluding hydrogens is 293 g/mol. The molecule has 0 aromatic heterocycles. The standard InChI is InChI=1S/C15H23Cl2N3/c1-19-8-10-20(11-9-19)7-3-6-18-12-13-14(16)4-2-5-15(13)17/h2,4-5,18H,3,6-12H2,1H3. The zero-order valence-electron chi connectivity index (χ0n) is 12.0. The van der Waals surface area contributed by atoms with Crippen LogP contribution >= 0.6 is 23.2 Å². The number of benzene rings is 1. The summed E-state index contributed by atoms with van der Waals surface area (Å²) in [6.07, 6.45) is 1.16. The Morgan fingerprint density at radius 3 is 2.40 bits per heavy atom. The third kappa shape index (κ3) is 4.90. The van der Waals surface area contributed by atoms with Crippen LogP contribution in [0.1, 0.15) is 12.0 Å². The number of nitrogens with one attached hydrogen (secondary N) is 1. The largest absolute Gasteiger partial charge is 0.313 e. The highest BCUT2D eigenvalue weighted by molar-refractivity contribution is 6.35. The lowest BCUT2D eigenvalue weighted by molar-refractivity contribution is 0.153. The van der Waals surface area contributed by atoms with Gasteiger partial charge in [-0.1, -0.05) is 29.3 Å². The first-order valence-corrected chi connectivity index (χ1v) is 7.97. The Balaban J connectivity index is 1.62. The highest BCUT2D eigenvalue weighted by atomic mass is 35.5. The van der Waals surface area contributed by atoms with E-state index in [9.17, 15) is 0 Å². The molecule has 0 unspecified atom stereocenters. The van der Waals surface area contributed by atoms with Crippen molar-refractivity contribution in [2.45, 2.75) is 13.0 Å². The molecule has 1 aliphatic rings. The van der Waals surface area contributed by atoms with Crippen LogP contribution in [0.4, 0.5) is 0 Å². The zero-order chi connectivity index (χ0) is 14.4. The second-order valence-corrected chi connectivity index (χ2v) is 6.19. The van der Waals surface area contributed by atoms with E-state index in [1.165, 1.54) is 26.2 Å². The summed E-state index contributed by atoms with van der Waals surface area (Å²) in [5.41, 5.74) is 0.996. The third-order valence-corrected chi connectivity index (χ3v) is 4.50. The van der Waals surface area contributed by atoms with Gasteiger partial charge in [-0.25, -0.2) is 0 Å². The van der Waals surface area contributed by atoms with E-state index in [2.05, 4.69) is 22.2 Å². The van der Waals surface area contributed by atoms with Gasteiger partial charge in [0.05, 0.1) is 0 Å². The number of rotatable bonds is 6. The molecule has 0 spiro atoms. The minimum Gasteiger partial charge on any atom is -0.313 e. The quantitative estimate of drug-likeness (QED) is 0.814. The maximum Gasteiger partial charge on any atom is 0.0465 e. The van der Waals surface area contributed by atoms with Crippen molar-refractivity contribution < 1.29 is 0 Å². The number of piperazine rings is 1. The van der Waals surface area contributed by atoms with Crippen molar-refractivity contribution >= 4 is 23.2 Å². The topological polar surface area (TPSA) is 18.5 Å². The molecule has 1 fully saturated rings. The first kappa shape index (κ1) is 16.1. The summed E-state index contributed by atoms with van der Waals surface area (Å²) in [7, 11) is 2.19. The molecule has 0 saturated carbocycles. The van der Waals surface area contributed by atoms with Crippen molar-refractivity contribution in [3.63, 3.8) is 0 Å². The average molecular weight is 316 g/mol. The molecule has 3 nitrogen and oxygen atoms in total. The molecule has 1 N–H and O–H groups in total. The summed E-state index contributed by atoms with van der Waals surface area (Å²) in [4.78, 5) is 4.91. The van der Waals surface area contributed by atoms with E-state index >= 15 is 0 Å². The van der Waals surface area contributed by atoms with Gasteiger partial charge < -0.3 is 15.1 Å². The smallest absolute Gasteiger partial charge is 0.0465 e. The molecule has 1 aromatic rings. The van der Waals surface area contributed by atoms with Crippen LogP contribution in [0.25, 0.3) is 0 Å². The van der Waals surface area contributed by atoms with E-state index in [1.54, 1.807) is 0 Å². The summed E-state index contributed by atoms with van der Waals surface area (Å²) < 4.78 is 0. The lowest BCUT2D eigenvalue weighted by atomic mass is 10.2. The first-order valence-electron chi connectivity index (χ1n) is 7.21. The normalized spacial score (nSPS) is 17.6.